The Balaban J connectivity index is 1.46. The molecule has 1 aromatic rings. The molecule has 3 rings (SSSR count). The second-order valence-electron chi connectivity index (χ2n) is 6.99. The van der Waals surface area contributed by atoms with Crippen LogP contribution < -0.4 is 4.74 Å². The molecule has 0 atom stereocenters. The van der Waals surface area contributed by atoms with Crippen molar-refractivity contribution >= 4 is 15.9 Å². The first-order valence-corrected chi connectivity index (χ1v) is 11.2. The highest BCUT2D eigenvalue weighted by Gasteiger charge is 2.28. The van der Waals surface area contributed by atoms with E-state index in [1.165, 1.54) is 0 Å². The van der Waals surface area contributed by atoms with Gasteiger partial charge in [-0.15, -0.1) is 0 Å². The Kier molecular flexibility index (Phi) is 6.73. The molecule has 0 saturated carbocycles. The van der Waals surface area contributed by atoms with Gasteiger partial charge in [0, 0.05) is 45.7 Å². The van der Waals surface area contributed by atoms with Gasteiger partial charge in [-0.25, -0.2) is 8.42 Å². The van der Waals surface area contributed by atoms with Crippen molar-refractivity contribution in [2.24, 2.45) is 0 Å². The molecule has 0 bridgehead atoms. The van der Waals surface area contributed by atoms with Crippen LogP contribution in [0, 0.1) is 0 Å². The topological polar surface area (TPSA) is 70.2 Å². The quantitative estimate of drug-likeness (QED) is 0.666. The maximum Gasteiger partial charge on any atom is 0.243 e. The molecule has 2 aliphatic heterocycles. The van der Waals surface area contributed by atoms with Gasteiger partial charge in [-0.3, -0.25) is 4.79 Å². The Morgan fingerprint density at radius 1 is 1.00 bits per heavy atom. The number of amides is 1. The van der Waals surface area contributed by atoms with Gasteiger partial charge in [-0.05, 0) is 50.6 Å². The Morgan fingerprint density at radius 2 is 1.70 bits per heavy atom. The summed E-state index contributed by atoms with van der Waals surface area (Å²) in [6.45, 7) is 7.50. The van der Waals surface area contributed by atoms with Crippen LogP contribution in [0.2, 0.25) is 0 Å². The molecule has 2 saturated heterocycles. The molecule has 0 radical (unpaired) electrons. The molecule has 8 heteroatoms. The third-order valence-corrected chi connectivity index (χ3v) is 7.09. The highest BCUT2D eigenvalue weighted by Crippen LogP contribution is 2.21. The van der Waals surface area contributed by atoms with Gasteiger partial charge in [0.1, 0.15) is 5.75 Å². The van der Waals surface area contributed by atoms with E-state index in [1.807, 2.05) is 11.8 Å². The molecule has 2 fully saturated rings. The van der Waals surface area contributed by atoms with Gasteiger partial charge in [0.25, 0.3) is 0 Å². The summed E-state index contributed by atoms with van der Waals surface area (Å²) < 4.78 is 32.6. The molecule has 0 spiro atoms. The van der Waals surface area contributed by atoms with Crippen LogP contribution in [0.15, 0.2) is 29.2 Å². The minimum atomic E-state index is -3.46. The molecule has 2 heterocycles. The first-order valence-electron chi connectivity index (χ1n) is 9.74. The number of hydrogen-bond donors (Lipinski definition) is 0. The molecule has 0 aliphatic carbocycles. The zero-order valence-corrected chi connectivity index (χ0v) is 16.8. The van der Waals surface area contributed by atoms with E-state index in [1.54, 1.807) is 28.6 Å². The number of carbonyl (C=O) groups excluding carboxylic acids is 1. The van der Waals surface area contributed by atoms with Gasteiger partial charge >= 0.3 is 0 Å². The number of benzene rings is 1. The van der Waals surface area contributed by atoms with Crippen LogP contribution in [0.25, 0.3) is 0 Å². The number of nitrogens with zero attached hydrogens (tertiary/aromatic N) is 3. The summed E-state index contributed by atoms with van der Waals surface area (Å²) >= 11 is 0. The average Bonchev–Trinajstić information content (AvgIpc) is 3.08. The fourth-order valence-electron chi connectivity index (χ4n) is 3.64. The highest BCUT2D eigenvalue weighted by atomic mass is 32.2. The number of sulfonamides is 1. The molecule has 7 nitrogen and oxygen atoms in total. The van der Waals surface area contributed by atoms with Crippen molar-refractivity contribution in [2.75, 3.05) is 52.4 Å². The fourth-order valence-corrected chi connectivity index (χ4v) is 5.06. The lowest BCUT2D eigenvalue weighted by Crippen LogP contribution is -2.49. The second-order valence-corrected chi connectivity index (χ2v) is 8.93. The first kappa shape index (κ1) is 20.1. The normalized spacial score (nSPS) is 19.6. The smallest absolute Gasteiger partial charge is 0.243 e. The fraction of sp³-hybridized carbons (Fsp3) is 0.632. The van der Waals surface area contributed by atoms with E-state index in [0.717, 1.165) is 45.6 Å². The Morgan fingerprint density at radius 3 is 2.30 bits per heavy atom. The SMILES string of the molecule is CCOc1ccc(S(=O)(=O)N2CCN(CCCN3CCCC3=O)CC2)cc1. The van der Waals surface area contributed by atoms with E-state index in [0.29, 0.717) is 36.8 Å². The van der Waals surface area contributed by atoms with Crippen molar-refractivity contribution in [1.82, 2.24) is 14.1 Å². The molecule has 2 aliphatic rings. The van der Waals surface area contributed by atoms with Crippen molar-refractivity contribution in [2.45, 2.75) is 31.1 Å². The lowest BCUT2D eigenvalue weighted by atomic mass is 10.3. The predicted octanol–water partition coefficient (Wildman–Crippen LogP) is 1.40. The highest BCUT2D eigenvalue weighted by molar-refractivity contribution is 7.89. The van der Waals surface area contributed by atoms with Gasteiger partial charge in [-0.1, -0.05) is 0 Å². The summed E-state index contributed by atoms with van der Waals surface area (Å²) in [4.78, 5) is 16.2. The number of piperazine rings is 1. The van der Waals surface area contributed by atoms with Gasteiger partial charge in [0.05, 0.1) is 11.5 Å². The number of likely N-dealkylation sites (tertiary alicyclic amines) is 1. The van der Waals surface area contributed by atoms with Crippen LogP contribution in [0.3, 0.4) is 0 Å². The minimum absolute atomic E-state index is 0.265. The van der Waals surface area contributed by atoms with Crippen LogP contribution in [0.5, 0.6) is 5.75 Å². The van der Waals surface area contributed by atoms with Gasteiger partial charge in [0.15, 0.2) is 0 Å². The van der Waals surface area contributed by atoms with Crippen molar-refractivity contribution < 1.29 is 17.9 Å². The lowest BCUT2D eigenvalue weighted by molar-refractivity contribution is -0.127. The van der Waals surface area contributed by atoms with E-state index >= 15 is 0 Å². The lowest BCUT2D eigenvalue weighted by Gasteiger charge is -2.34. The van der Waals surface area contributed by atoms with Crippen LogP contribution in [-0.4, -0.2) is 80.9 Å². The molecule has 0 N–H and O–H groups in total. The molecular weight excluding hydrogens is 366 g/mol. The summed E-state index contributed by atoms with van der Waals surface area (Å²) in [6.07, 6.45) is 2.60. The molecular formula is C19H29N3O4S. The van der Waals surface area contributed by atoms with E-state index in [9.17, 15) is 13.2 Å². The average molecular weight is 396 g/mol. The minimum Gasteiger partial charge on any atom is -0.494 e. The zero-order chi connectivity index (χ0) is 19.3. The summed E-state index contributed by atoms with van der Waals surface area (Å²) in [5, 5.41) is 0. The number of hydrogen-bond acceptors (Lipinski definition) is 5. The van der Waals surface area contributed by atoms with Crippen LogP contribution in [-0.2, 0) is 14.8 Å². The molecule has 1 amide bonds. The third-order valence-electron chi connectivity index (χ3n) is 5.18. The Hall–Kier alpha value is -1.64. The van der Waals surface area contributed by atoms with Gasteiger partial charge < -0.3 is 14.5 Å². The summed E-state index contributed by atoms with van der Waals surface area (Å²) in [7, 11) is -3.46. The van der Waals surface area contributed by atoms with Gasteiger partial charge in [-0.2, -0.15) is 4.31 Å². The predicted molar refractivity (Wildman–Crippen MR) is 103 cm³/mol. The van der Waals surface area contributed by atoms with Crippen molar-refractivity contribution in [1.29, 1.82) is 0 Å². The maximum absolute atomic E-state index is 12.8. The van der Waals surface area contributed by atoms with Crippen LogP contribution in [0.4, 0.5) is 0 Å². The third kappa shape index (κ3) is 5.00. The Bertz CT molecular complexity index is 728. The standard InChI is InChI=1S/C19H29N3O4S/c1-2-26-17-6-8-18(9-7-17)27(24,25)22-15-13-20(14-16-22)10-4-12-21-11-3-5-19(21)23/h6-9H,2-5,10-16H2,1H3. The monoisotopic (exact) mass is 395 g/mol. The summed E-state index contributed by atoms with van der Waals surface area (Å²) in [6, 6.07) is 6.62. The van der Waals surface area contributed by atoms with Crippen LogP contribution in [0.1, 0.15) is 26.2 Å². The second kappa shape index (κ2) is 9.03. The van der Waals surface area contributed by atoms with E-state index in [2.05, 4.69) is 4.90 Å². The molecule has 1 aromatic carbocycles. The number of carbonyl (C=O) groups is 1. The van der Waals surface area contributed by atoms with E-state index in [-0.39, 0.29) is 5.91 Å². The van der Waals surface area contributed by atoms with E-state index in [4.69, 9.17) is 4.74 Å². The van der Waals surface area contributed by atoms with Crippen LogP contribution >= 0.6 is 0 Å². The summed E-state index contributed by atoms with van der Waals surface area (Å²) in [5.41, 5.74) is 0. The van der Waals surface area contributed by atoms with E-state index < -0.39 is 10.0 Å². The molecule has 150 valence electrons. The number of ether oxygens (including phenoxy) is 1. The zero-order valence-electron chi connectivity index (χ0n) is 16.0. The largest absolute Gasteiger partial charge is 0.494 e. The molecule has 0 aromatic heterocycles. The van der Waals surface area contributed by atoms with Crippen molar-refractivity contribution in [3.8, 4) is 5.75 Å². The Labute approximate surface area is 161 Å². The van der Waals surface area contributed by atoms with Crippen molar-refractivity contribution in [3.63, 3.8) is 0 Å². The van der Waals surface area contributed by atoms with Gasteiger partial charge in [0.2, 0.25) is 15.9 Å². The summed E-state index contributed by atoms with van der Waals surface area (Å²) in [5.74, 6) is 0.944. The number of rotatable bonds is 8. The molecule has 0 unspecified atom stereocenters. The maximum atomic E-state index is 12.8. The first-order chi connectivity index (χ1) is 13.0. The molecule has 27 heavy (non-hydrogen) atoms. The van der Waals surface area contributed by atoms with Crippen molar-refractivity contribution in [3.05, 3.63) is 24.3 Å².